The highest BCUT2D eigenvalue weighted by Gasteiger charge is 2.19. The van der Waals surface area contributed by atoms with Gasteiger partial charge in [-0.1, -0.05) is 0 Å². The lowest BCUT2D eigenvalue weighted by Gasteiger charge is -2.28. The molecule has 1 fully saturated rings. The molecule has 1 saturated heterocycles. The molecule has 0 spiro atoms. The molecule has 1 aliphatic rings. The number of aromatic nitrogens is 2. The van der Waals surface area contributed by atoms with Crippen molar-refractivity contribution in [2.24, 2.45) is 0 Å². The summed E-state index contributed by atoms with van der Waals surface area (Å²) in [6.07, 6.45) is 5.06. The fourth-order valence-corrected chi connectivity index (χ4v) is 1.68. The molecular weight excluding hydrogens is 194 g/mol. The van der Waals surface area contributed by atoms with Crippen molar-refractivity contribution in [3.8, 4) is 5.88 Å². The van der Waals surface area contributed by atoms with Gasteiger partial charge in [-0.3, -0.25) is 4.79 Å². The first kappa shape index (κ1) is 10.2. The fourth-order valence-electron chi connectivity index (χ4n) is 1.68. The second-order valence-electron chi connectivity index (χ2n) is 3.84. The predicted molar refractivity (Wildman–Crippen MR) is 56.0 cm³/mol. The van der Waals surface area contributed by atoms with Crippen LogP contribution in [-0.4, -0.2) is 41.1 Å². The Hall–Kier alpha value is -1.36. The minimum Gasteiger partial charge on any atom is -0.470 e. The van der Waals surface area contributed by atoms with E-state index in [2.05, 4.69) is 21.9 Å². The van der Waals surface area contributed by atoms with E-state index >= 15 is 0 Å². The summed E-state index contributed by atoms with van der Waals surface area (Å²) in [5.41, 5.74) is -0.253. The van der Waals surface area contributed by atoms with Crippen molar-refractivity contribution in [2.45, 2.75) is 18.9 Å². The molecule has 1 aromatic heterocycles. The number of likely N-dealkylation sites (tertiary alicyclic amines) is 1. The van der Waals surface area contributed by atoms with Crippen LogP contribution < -0.4 is 10.3 Å². The number of ether oxygens (including phenoxy) is 1. The van der Waals surface area contributed by atoms with Crippen LogP contribution in [0.15, 0.2) is 17.2 Å². The molecule has 2 rings (SSSR count). The molecule has 15 heavy (non-hydrogen) atoms. The van der Waals surface area contributed by atoms with Gasteiger partial charge < -0.3 is 14.6 Å². The van der Waals surface area contributed by atoms with Crippen molar-refractivity contribution >= 4 is 0 Å². The van der Waals surface area contributed by atoms with Crippen molar-refractivity contribution in [3.05, 3.63) is 22.7 Å². The highest BCUT2D eigenvalue weighted by Crippen LogP contribution is 2.13. The van der Waals surface area contributed by atoms with Gasteiger partial charge in [0.15, 0.2) is 0 Å². The molecule has 0 aromatic carbocycles. The number of rotatable bonds is 2. The second kappa shape index (κ2) is 4.44. The topological polar surface area (TPSA) is 58.2 Å². The van der Waals surface area contributed by atoms with Gasteiger partial charge in [-0.25, -0.2) is 4.98 Å². The highest BCUT2D eigenvalue weighted by molar-refractivity contribution is 5.03. The monoisotopic (exact) mass is 209 g/mol. The van der Waals surface area contributed by atoms with Gasteiger partial charge in [0, 0.05) is 25.5 Å². The summed E-state index contributed by atoms with van der Waals surface area (Å²) in [4.78, 5) is 20.0. The van der Waals surface area contributed by atoms with Crippen LogP contribution in [0.25, 0.3) is 0 Å². The zero-order valence-electron chi connectivity index (χ0n) is 8.77. The van der Waals surface area contributed by atoms with Crippen LogP contribution in [0.1, 0.15) is 12.8 Å². The van der Waals surface area contributed by atoms with Gasteiger partial charge in [-0.05, 0) is 19.9 Å². The molecule has 0 radical (unpaired) electrons. The van der Waals surface area contributed by atoms with E-state index in [-0.39, 0.29) is 17.5 Å². The Kier molecular flexibility index (Phi) is 3.01. The average molecular weight is 209 g/mol. The summed E-state index contributed by atoms with van der Waals surface area (Å²) in [7, 11) is 2.09. The van der Waals surface area contributed by atoms with Crippen LogP contribution in [0.3, 0.4) is 0 Å². The predicted octanol–water partition coefficient (Wildman–Crippen LogP) is 0.243. The summed E-state index contributed by atoms with van der Waals surface area (Å²) in [6.45, 7) is 2.02. The molecule has 1 aromatic rings. The molecule has 1 N–H and O–H groups in total. The number of aromatic amines is 1. The molecule has 0 saturated carbocycles. The van der Waals surface area contributed by atoms with Crippen LogP contribution in [-0.2, 0) is 0 Å². The van der Waals surface area contributed by atoms with Gasteiger partial charge in [0.25, 0.3) is 5.88 Å². The summed E-state index contributed by atoms with van der Waals surface area (Å²) in [5, 5.41) is 0. The van der Waals surface area contributed by atoms with Crippen molar-refractivity contribution in [2.75, 3.05) is 20.1 Å². The standard InChI is InChI=1S/C10H15N3O2/c1-13-6-2-8(3-7-13)15-10-9(14)11-4-5-12-10/h4-5,8H,2-3,6-7H2,1H3,(H,11,14). The molecule has 0 amide bonds. The molecule has 2 heterocycles. The zero-order chi connectivity index (χ0) is 10.7. The van der Waals surface area contributed by atoms with Crippen LogP contribution in [0, 0.1) is 0 Å². The molecule has 0 aliphatic carbocycles. The lowest BCUT2D eigenvalue weighted by molar-refractivity contribution is 0.108. The maximum atomic E-state index is 11.3. The first-order valence-electron chi connectivity index (χ1n) is 5.14. The first-order valence-corrected chi connectivity index (χ1v) is 5.14. The van der Waals surface area contributed by atoms with E-state index in [1.807, 2.05) is 0 Å². The van der Waals surface area contributed by atoms with Crippen LogP contribution >= 0.6 is 0 Å². The molecule has 0 unspecified atom stereocenters. The van der Waals surface area contributed by atoms with E-state index < -0.39 is 0 Å². The number of hydrogen-bond donors (Lipinski definition) is 1. The van der Waals surface area contributed by atoms with E-state index in [0.717, 1.165) is 25.9 Å². The van der Waals surface area contributed by atoms with E-state index in [0.29, 0.717) is 0 Å². The van der Waals surface area contributed by atoms with Crippen molar-refractivity contribution in [3.63, 3.8) is 0 Å². The van der Waals surface area contributed by atoms with Crippen molar-refractivity contribution in [1.29, 1.82) is 0 Å². The minimum absolute atomic E-state index is 0.122. The Bertz CT molecular complexity index is 369. The number of H-pyrrole nitrogens is 1. The molecule has 0 bridgehead atoms. The Balaban J connectivity index is 1.98. The number of piperidine rings is 1. The van der Waals surface area contributed by atoms with Crippen LogP contribution in [0.4, 0.5) is 0 Å². The smallest absolute Gasteiger partial charge is 0.310 e. The summed E-state index contributed by atoms with van der Waals surface area (Å²) >= 11 is 0. The summed E-state index contributed by atoms with van der Waals surface area (Å²) in [5.74, 6) is 0.187. The van der Waals surface area contributed by atoms with Gasteiger partial charge in [-0.15, -0.1) is 0 Å². The fraction of sp³-hybridized carbons (Fsp3) is 0.600. The highest BCUT2D eigenvalue weighted by atomic mass is 16.5. The van der Waals surface area contributed by atoms with Crippen LogP contribution in [0.2, 0.25) is 0 Å². The average Bonchev–Trinajstić information content (AvgIpc) is 2.25. The van der Waals surface area contributed by atoms with Crippen molar-refractivity contribution < 1.29 is 4.74 Å². The zero-order valence-corrected chi connectivity index (χ0v) is 8.77. The molecule has 1 aliphatic heterocycles. The Morgan fingerprint density at radius 3 is 2.93 bits per heavy atom. The molecule has 5 nitrogen and oxygen atoms in total. The van der Waals surface area contributed by atoms with E-state index in [1.165, 1.54) is 12.4 Å². The van der Waals surface area contributed by atoms with Gasteiger partial charge in [-0.2, -0.15) is 0 Å². The van der Waals surface area contributed by atoms with E-state index in [1.54, 1.807) is 0 Å². The SMILES string of the molecule is CN1CCC(Oc2ncc[nH]c2=O)CC1. The van der Waals surface area contributed by atoms with Gasteiger partial charge in [0.05, 0.1) is 0 Å². The lowest BCUT2D eigenvalue weighted by Crippen LogP contribution is -2.36. The first-order chi connectivity index (χ1) is 7.25. The molecule has 0 atom stereocenters. The number of nitrogens with zero attached hydrogens (tertiary/aromatic N) is 2. The summed E-state index contributed by atoms with van der Waals surface area (Å²) < 4.78 is 5.55. The lowest BCUT2D eigenvalue weighted by atomic mass is 10.1. The molecular formula is C10H15N3O2. The third kappa shape index (κ3) is 2.56. The maximum Gasteiger partial charge on any atom is 0.310 e. The van der Waals surface area contributed by atoms with Crippen molar-refractivity contribution in [1.82, 2.24) is 14.9 Å². The summed E-state index contributed by atoms with van der Waals surface area (Å²) in [6, 6.07) is 0. The van der Waals surface area contributed by atoms with Gasteiger partial charge >= 0.3 is 5.56 Å². The third-order valence-corrected chi connectivity index (χ3v) is 2.62. The Labute approximate surface area is 88.1 Å². The number of hydrogen-bond acceptors (Lipinski definition) is 4. The van der Waals surface area contributed by atoms with Gasteiger partial charge in [0.2, 0.25) is 0 Å². The third-order valence-electron chi connectivity index (χ3n) is 2.62. The quantitative estimate of drug-likeness (QED) is 0.758. The van der Waals surface area contributed by atoms with Gasteiger partial charge in [0.1, 0.15) is 6.10 Å². The van der Waals surface area contributed by atoms with E-state index in [4.69, 9.17) is 4.74 Å². The Morgan fingerprint density at radius 1 is 1.53 bits per heavy atom. The maximum absolute atomic E-state index is 11.3. The normalized spacial score (nSPS) is 19.0. The largest absolute Gasteiger partial charge is 0.470 e. The second-order valence-corrected chi connectivity index (χ2v) is 3.84. The molecule has 5 heteroatoms. The number of nitrogens with one attached hydrogen (secondary N) is 1. The molecule has 82 valence electrons. The minimum atomic E-state index is -0.253. The van der Waals surface area contributed by atoms with E-state index in [9.17, 15) is 4.79 Å². The van der Waals surface area contributed by atoms with Crippen LogP contribution in [0.5, 0.6) is 5.88 Å². The Morgan fingerprint density at radius 2 is 2.27 bits per heavy atom.